The summed E-state index contributed by atoms with van der Waals surface area (Å²) in [5.41, 5.74) is 2.56. The minimum Gasteiger partial charge on any atom is -0.373 e. The Labute approximate surface area is 167 Å². The maximum Gasteiger partial charge on any atom is 0.191 e. The van der Waals surface area contributed by atoms with Crippen molar-refractivity contribution in [3.63, 3.8) is 0 Å². The van der Waals surface area contributed by atoms with Crippen molar-refractivity contribution < 1.29 is 4.74 Å². The summed E-state index contributed by atoms with van der Waals surface area (Å²) in [6.45, 7) is 3.77. The molecule has 28 heavy (non-hydrogen) atoms. The molecule has 2 aliphatic rings. The summed E-state index contributed by atoms with van der Waals surface area (Å²) in [5.74, 6) is 1.35. The fourth-order valence-corrected chi connectivity index (χ4v) is 4.22. The highest BCUT2D eigenvalue weighted by molar-refractivity contribution is 5.80. The summed E-state index contributed by atoms with van der Waals surface area (Å²) in [7, 11) is 1.85. The molecule has 2 saturated heterocycles. The molecule has 0 aromatic heterocycles. The van der Waals surface area contributed by atoms with E-state index < -0.39 is 0 Å². The lowest BCUT2D eigenvalue weighted by atomic mass is 9.95. The van der Waals surface area contributed by atoms with Gasteiger partial charge in [0.05, 0.1) is 6.10 Å². The fourth-order valence-electron chi connectivity index (χ4n) is 4.22. The second-order valence-electron chi connectivity index (χ2n) is 7.62. The Morgan fingerprint density at radius 2 is 1.82 bits per heavy atom. The number of aliphatic imine (C=N–C) groups is 1. The summed E-state index contributed by atoms with van der Waals surface area (Å²) < 4.78 is 6.01. The van der Waals surface area contributed by atoms with Crippen LogP contribution in [0, 0.1) is 5.92 Å². The topological polar surface area (TPSA) is 48.9 Å². The number of para-hydroxylation sites is 1. The standard InChI is InChI=1S/C23H30N4O/c1-24-23(26-20-12-14-27(17-20)21-10-6-3-7-11-21)25-16-19-13-15-28-22(19)18-8-4-2-5-9-18/h2-11,19-20,22H,12-17H2,1H3,(H2,24,25,26). The first-order chi connectivity index (χ1) is 13.8. The SMILES string of the molecule is CN=C(NCC1CCOC1c1ccccc1)NC1CCN(c2ccccc2)C1. The molecule has 0 spiro atoms. The van der Waals surface area contributed by atoms with Crippen LogP contribution >= 0.6 is 0 Å². The lowest BCUT2D eigenvalue weighted by Gasteiger charge is -2.23. The zero-order valence-electron chi connectivity index (χ0n) is 16.6. The first-order valence-electron chi connectivity index (χ1n) is 10.3. The van der Waals surface area contributed by atoms with Crippen molar-refractivity contribution in [2.45, 2.75) is 25.0 Å². The van der Waals surface area contributed by atoms with E-state index in [0.29, 0.717) is 12.0 Å². The molecular weight excluding hydrogens is 348 g/mol. The molecule has 2 heterocycles. The number of anilines is 1. The Kier molecular flexibility index (Phi) is 6.12. The predicted molar refractivity (Wildman–Crippen MR) is 115 cm³/mol. The Morgan fingerprint density at radius 3 is 2.57 bits per heavy atom. The number of guanidine groups is 1. The first-order valence-corrected chi connectivity index (χ1v) is 10.3. The van der Waals surface area contributed by atoms with Crippen LogP contribution in [0.2, 0.25) is 0 Å². The molecular formula is C23H30N4O. The lowest BCUT2D eigenvalue weighted by Crippen LogP contribution is -2.46. The largest absolute Gasteiger partial charge is 0.373 e. The van der Waals surface area contributed by atoms with Gasteiger partial charge in [0.2, 0.25) is 0 Å². The van der Waals surface area contributed by atoms with E-state index in [-0.39, 0.29) is 6.10 Å². The van der Waals surface area contributed by atoms with Gasteiger partial charge in [-0.1, -0.05) is 48.5 Å². The zero-order chi connectivity index (χ0) is 19.2. The Balaban J connectivity index is 1.28. The van der Waals surface area contributed by atoms with Crippen molar-refractivity contribution >= 4 is 11.6 Å². The van der Waals surface area contributed by atoms with Gasteiger partial charge < -0.3 is 20.3 Å². The molecule has 2 aromatic carbocycles. The van der Waals surface area contributed by atoms with E-state index >= 15 is 0 Å². The average molecular weight is 379 g/mol. The molecule has 2 fully saturated rings. The van der Waals surface area contributed by atoms with Crippen LogP contribution in [0.3, 0.4) is 0 Å². The van der Waals surface area contributed by atoms with Crippen molar-refractivity contribution in [1.82, 2.24) is 10.6 Å². The molecule has 3 atom stereocenters. The summed E-state index contributed by atoms with van der Waals surface area (Å²) in [6, 6.07) is 21.6. The quantitative estimate of drug-likeness (QED) is 0.620. The fraction of sp³-hybridized carbons (Fsp3) is 0.435. The molecule has 148 valence electrons. The van der Waals surface area contributed by atoms with Crippen molar-refractivity contribution in [2.75, 3.05) is 38.2 Å². The monoisotopic (exact) mass is 378 g/mol. The van der Waals surface area contributed by atoms with Gasteiger partial charge in [0.1, 0.15) is 0 Å². The number of ether oxygens (including phenoxy) is 1. The van der Waals surface area contributed by atoms with Gasteiger partial charge in [-0.3, -0.25) is 4.99 Å². The van der Waals surface area contributed by atoms with Crippen molar-refractivity contribution in [3.05, 3.63) is 66.2 Å². The van der Waals surface area contributed by atoms with Crippen molar-refractivity contribution in [2.24, 2.45) is 10.9 Å². The van der Waals surface area contributed by atoms with Crippen LogP contribution in [-0.2, 0) is 4.74 Å². The zero-order valence-corrected chi connectivity index (χ0v) is 16.6. The summed E-state index contributed by atoms with van der Waals surface area (Å²) in [6.07, 6.45) is 2.37. The second kappa shape index (κ2) is 9.11. The molecule has 0 radical (unpaired) electrons. The van der Waals surface area contributed by atoms with Crippen LogP contribution in [-0.4, -0.2) is 45.3 Å². The molecule has 0 bridgehead atoms. The normalized spacial score (nSPS) is 25.1. The van der Waals surface area contributed by atoms with Crippen LogP contribution in [0.5, 0.6) is 0 Å². The number of nitrogens with one attached hydrogen (secondary N) is 2. The van der Waals surface area contributed by atoms with Gasteiger partial charge in [-0.25, -0.2) is 0 Å². The van der Waals surface area contributed by atoms with E-state index in [0.717, 1.165) is 45.0 Å². The van der Waals surface area contributed by atoms with Gasteiger partial charge in [0.25, 0.3) is 0 Å². The molecule has 0 amide bonds. The van der Waals surface area contributed by atoms with Gasteiger partial charge in [0, 0.05) is 50.9 Å². The Bertz CT molecular complexity index is 765. The highest BCUT2D eigenvalue weighted by Crippen LogP contribution is 2.33. The van der Waals surface area contributed by atoms with Crippen LogP contribution < -0.4 is 15.5 Å². The van der Waals surface area contributed by atoms with E-state index in [1.165, 1.54) is 11.3 Å². The molecule has 2 aliphatic heterocycles. The average Bonchev–Trinajstić information content (AvgIpc) is 3.42. The van der Waals surface area contributed by atoms with Crippen molar-refractivity contribution in [1.29, 1.82) is 0 Å². The summed E-state index contributed by atoms with van der Waals surface area (Å²) in [5, 5.41) is 7.13. The molecule has 2 aromatic rings. The van der Waals surface area contributed by atoms with Crippen LogP contribution in [0.25, 0.3) is 0 Å². The number of nitrogens with zero attached hydrogens (tertiary/aromatic N) is 2. The smallest absolute Gasteiger partial charge is 0.191 e. The Morgan fingerprint density at radius 1 is 1.07 bits per heavy atom. The molecule has 3 unspecified atom stereocenters. The maximum atomic E-state index is 6.01. The summed E-state index contributed by atoms with van der Waals surface area (Å²) >= 11 is 0. The van der Waals surface area contributed by atoms with Crippen molar-refractivity contribution in [3.8, 4) is 0 Å². The maximum absolute atomic E-state index is 6.01. The van der Waals surface area contributed by atoms with E-state index in [1.807, 2.05) is 7.05 Å². The third-order valence-corrected chi connectivity index (χ3v) is 5.75. The van der Waals surface area contributed by atoms with Crippen LogP contribution in [0.15, 0.2) is 65.7 Å². The molecule has 0 aliphatic carbocycles. The van der Waals surface area contributed by atoms with E-state index in [4.69, 9.17) is 4.74 Å². The molecule has 5 nitrogen and oxygen atoms in total. The minimum atomic E-state index is 0.173. The Hall–Kier alpha value is -2.53. The van der Waals surface area contributed by atoms with E-state index in [1.54, 1.807) is 0 Å². The van der Waals surface area contributed by atoms with Gasteiger partial charge in [-0.2, -0.15) is 0 Å². The van der Waals surface area contributed by atoms with Gasteiger partial charge in [-0.05, 0) is 30.5 Å². The third kappa shape index (κ3) is 4.47. The second-order valence-corrected chi connectivity index (χ2v) is 7.62. The molecule has 0 saturated carbocycles. The lowest BCUT2D eigenvalue weighted by molar-refractivity contribution is 0.0915. The van der Waals surface area contributed by atoms with Gasteiger partial charge in [0.15, 0.2) is 5.96 Å². The number of rotatable bonds is 5. The molecule has 5 heteroatoms. The first kappa shape index (κ1) is 18.8. The van der Waals surface area contributed by atoms with Crippen LogP contribution in [0.4, 0.5) is 5.69 Å². The third-order valence-electron chi connectivity index (χ3n) is 5.75. The summed E-state index contributed by atoms with van der Waals surface area (Å²) in [4.78, 5) is 6.87. The number of hydrogen-bond donors (Lipinski definition) is 2. The van der Waals surface area contributed by atoms with E-state index in [9.17, 15) is 0 Å². The highest BCUT2D eigenvalue weighted by Gasteiger charge is 2.30. The molecule has 4 rings (SSSR count). The number of benzene rings is 2. The number of hydrogen-bond acceptors (Lipinski definition) is 3. The highest BCUT2D eigenvalue weighted by atomic mass is 16.5. The van der Waals surface area contributed by atoms with E-state index in [2.05, 4.69) is 81.2 Å². The van der Waals surface area contributed by atoms with Gasteiger partial charge in [-0.15, -0.1) is 0 Å². The predicted octanol–water partition coefficient (Wildman–Crippen LogP) is 3.21. The molecule has 2 N–H and O–H groups in total. The van der Waals surface area contributed by atoms with Crippen LogP contribution in [0.1, 0.15) is 24.5 Å². The minimum absolute atomic E-state index is 0.173. The van der Waals surface area contributed by atoms with Gasteiger partial charge >= 0.3 is 0 Å².